The number of aliphatic hydroxyl groups excluding tert-OH is 4. The summed E-state index contributed by atoms with van der Waals surface area (Å²) in [5, 5.41) is 74.2. The van der Waals surface area contributed by atoms with Crippen LogP contribution in [0.15, 0.2) is 124 Å². The molecule has 0 unspecified atom stereocenters. The Hall–Kier alpha value is -5.33. The molecule has 0 radical (unpaired) electrons. The van der Waals surface area contributed by atoms with Crippen molar-refractivity contribution in [3.05, 3.63) is 119 Å². The number of ether oxygens (including phenoxy) is 20. The van der Waals surface area contributed by atoms with Gasteiger partial charge in [-0.05, 0) is 146 Å². The van der Waals surface area contributed by atoms with Crippen molar-refractivity contribution < 1.29 is 145 Å². The third-order valence-electron chi connectivity index (χ3n) is 29.7. The van der Waals surface area contributed by atoms with Crippen molar-refractivity contribution in [1.29, 1.82) is 0 Å². The lowest BCUT2D eigenvalue weighted by Gasteiger charge is -2.48. The Morgan fingerprint density at radius 3 is 1.33 bits per heavy atom. The lowest BCUT2D eigenvalue weighted by molar-refractivity contribution is -0.318. The van der Waals surface area contributed by atoms with Crippen molar-refractivity contribution in [1.82, 2.24) is 5.32 Å². The number of aliphatic hydroxyl groups is 6. The summed E-state index contributed by atoms with van der Waals surface area (Å²) in [7, 11) is 7.92. The number of thioether (sulfide) groups is 1. The maximum absolute atomic E-state index is 14.3. The molecule has 39 atom stereocenters. The van der Waals surface area contributed by atoms with Crippen LogP contribution in [0, 0.1) is 47.3 Å². The van der Waals surface area contributed by atoms with E-state index in [1.165, 1.54) is 7.05 Å². The first kappa shape index (κ1) is 108. The van der Waals surface area contributed by atoms with E-state index >= 15 is 0 Å². The van der Waals surface area contributed by atoms with E-state index in [-0.39, 0.29) is 90.1 Å². The molecule has 0 saturated carbocycles. The Bertz CT molecular complexity index is 4320. The third-order valence-corrected chi connectivity index (χ3v) is 30.8. The standard InChI is InChI=1S/C48H72O14.C47H70O14.C7H14N2O2S/c1-11-25(2)43-28(5)17-18-47(62-43)23-34-20-33(61-47)16-15-27(4)42(26(3)13-12-14-32-24-55-45-40(49)29(6)19-35(46(51)58-34)48(32,45)52)59-39-22-37(54-10)44(31(8)57-39)60-38-21-36(53-9)41(50)30(7)56-38;1-24(2)41-27(5)16-17-46(61-41)22-33-19-32(60-46)15-14-26(4)42(25(3)12-11-13-31-23-54-44-39(48)28(6)18-34(45(50)57-33)47(31,44)51)58-38-21-36(53-10)43(30(8)56-38)59-37-20-35(52-9)40(49)29(7)55-37;1-7(2,12-4)5-9-11-6(10)8-3/h12-15,17-19,25-26,28,30-31,33-45,49-50,52H,11,16,20-24H2,1-10H3;11-14,16-18,24-25,27,29-30,32-44,48-49,51H,15,19-23H2,1-10H3;5H,1-4H3,(H,8,10)/b13-12+,27-15+,32-14+;12-11+,26-14+,31-13+;9-5+/t25-,26-,28-,30-,31-,33+,34-,35-,36-,37-,38-,39-,40+,41-,42-,43+,44-,45+,47+,48+;25-,27-,29-,30-,32+,33-,34-,35-,36-,37-,38-,39+,40-,41+,42-,43-,44+,46+,47+;/m00./s1. The van der Waals surface area contributed by atoms with Crippen LogP contribution < -0.4 is 5.32 Å². The minimum Gasteiger partial charge on any atom is -0.462 e. The SMILES string of the molecule is CC[C@H](C)[C@H]1O[C@]2(C=C[C@@H]1C)C[C@@H]1C[C@@H](C/C=C(\C)[C@@H](O[C@H]3C[C@H](OC)[C@@H](O[C@H]4C[C@H](OC)[C@@H](O)[C@H](C)O4)[C@H](C)O3)[C@@H](C)/C=C/C=C3\CO[C@@H]4[C@H](O)C(C)=C[C@@H](C(=O)O1)[C@]34O)O2.CNC(=O)O/N=C/C(C)(C)SC.CO[C@H]1C[C@H](O[C@H]2[C@H](C)O[C@@H](O[C@@H]3/C(C)=C/C[C@@H]4C[C@@H](C[C@]5(C=C[C@H](C)[C@@H](C(C)C)O5)O4)OC(=O)[C@@H]4C=C(C)[C@@H](O)[C@H]5OC/C(=C\C=C\[C@@H]3C)[C@]54O)C[C@@H]2OC)O[C@@H](C)[C@@H]1O. The predicted octanol–water partition coefficient (Wildman–Crippen LogP) is 11.8. The van der Waals surface area contributed by atoms with Gasteiger partial charge in [0, 0.05) is 115 Å². The number of amides is 1. The number of carbonyl (C=O) groups excluding carboxylic acids is 3. The van der Waals surface area contributed by atoms with Crippen LogP contribution in [0.1, 0.15) is 195 Å². The summed E-state index contributed by atoms with van der Waals surface area (Å²) in [6.45, 7) is 36.0. The van der Waals surface area contributed by atoms with Gasteiger partial charge in [0.05, 0.1) is 105 Å². The molecule has 2 aliphatic carbocycles. The molecule has 12 aliphatic heterocycles. The van der Waals surface area contributed by atoms with Gasteiger partial charge in [-0.2, -0.15) is 11.8 Å². The maximum atomic E-state index is 14.3. The van der Waals surface area contributed by atoms with Crippen molar-refractivity contribution in [3.8, 4) is 0 Å². The summed E-state index contributed by atoms with van der Waals surface area (Å²) in [6.07, 6.45) is 19.1. The first-order valence-corrected chi connectivity index (χ1v) is 49.9. The smallest absolute Gasteiger partial charge is 0.433 e. The van der Waals surface area contributed by atoms with Crippen molar-refractivity contribution in [2.45, 2.75) is 394 Å². The molecular weight excluding hydrogens is 1770 g/mol. The van der Waals surface area contributed by atoms with Crippen molar-refractivity contribution in [2.24, 2.45) is 52.5 Å². The van der Waals surface area contributed by atoms with Gasteiger partial charge in [-0.15, -0.1) is 0 Å². The quantitative estimate of drug-likeness (QED) is 0.0220. The second kappa shape index (κ2) is 46.8. The Morgan fingerprint density at radius 2 is 0.933 bits per heavy atom. The van der Waals surface area contributed by atoms with Crippen LogP contribution in [-0.4, -0.2) is 309 Å². The van der Waals surface area contributed by atoms with Gasteiger partial charge in [-0.25, -0.2) is 4.79 Å². The Balaban J connectivity index is 0.000000216. The van der Waals surface area contributed by atoms with E-state index in [4.69, 9.17) is 94.7 Å². The molecule has 14 rings (SSSR count). The molecule has 14 aliphatic rings. The van der Waals surface area contributed by atoms with E-state index in [2.05, 4.69) is 95.0 Å². The van der Waals surface area contributed by atoms with E-state index in [0.717, 1.165) is 17.6 Å². The fourth-order valence-corrected chi connectivity index (χ4v) is 21.4. The number of carbonyl (C=O) groups is 3. The highest BCUT2D eigenvalue weighted by molar-refractivity contribution is 8.00. The van der Waals surface area contributed by atoms with Crippen molar-refractivity contribution >= 4 is 36.0 Å². The maximum Gasteiger partial charge on any atom is 0.433 e. The zero-order valence-corrected chi connectivity index (χ0v) is 84.3. The summed E-state index contributed by atoms with van der Waals surface area (Å²) in [6, 6.07) is 0. The first-order chi connectivity index (χ1) is 64.0. The minimum atomic E-state index is -1.84. The number of hydrogen-bond donors (Lipinski definition) is 7. The fraction of sp³-hybridized carbons (Fsp3) is 0.765. The lowest BCUT2D eigenvalue weighted by Crippen LogP contribution is -2.58. The highest BCUT2D eigenvalue weighted by atomic mass is 32.2. The molecule has 8 fully saturated rings. The molecule has 760 valence electrons. The molecule has 0 aromatic carbocycles. The summed E-state index contributed by atoms with van der Waals surface area (Å²) in [5.41, 5.74) is 0.263. The van der Waals surface area contributed by atoms with Gasteiger partial charge in [0.1, 0.15) is 84.1 Å². The van der Waals surface area contributed by atoms with Gasteiger partial charge >= 0.3 is 18.0 Å². The number of oxime groups is 1. The van der Waals surface area contributed by atoms with E-state index in [0.29, 0.717) is 86.5 Å². The summed E-state index contributed by atoms with van der Waals surface area (Å²) in [4.78, 5) is 43.6. The summed E-state index contributed by atoms with van der Waals surface area (Å²) >= 11 is 1.63. The largest absolute Gasteiger partial charge is 0.462 e. The lowest BCUT2D eigenvalue weighted by atomic mass is 9.71. The van der Waals surface area contributed by atoms with Crippen molar-refractivity contribution in [3.63, 3.8) is 0 Å². The van der Waals surface area contributed by atoms with Gasteiger partial charge in [0.2, 0.25) is 0 Å². The molecule has 7 N–H and O–H groups in total. The first-order valence-electron chi connectivity index (χ1n) is 48.7. The van der Waals surface area contributed by atoms with Gasteiger partial charge in [0.15, 0.2) is 36.7 Å². The average molecular weight is 1920 g/mol. The summed E-state index contributed by atoms with van der Waals surface area (Å²) in [5.74, 6) is -5.18. The van der Waals surface area contributed by atoms with Crippen LogP contribution in [0.2, 0.25) is 0 Å². The van der Waals surface area contributed by atoms with Crippen LogP contribution >= 0.6 is 11.8 Å². The monoisotopic (exact) mass is 1920 g/mol. The van der Waals surface area contributed by atoms with Gasteiger partial charge in [-0.1, -0.05) is 140 Å². The van der Waals surface area contributed by atoms with E-state index < -0.39 is 188 Å². The van der Waals surface area contributed by atoms with E-state index in [1.54, 1.807) is 98.4 Å². The third kappa shape index (κ3) is 25.1. The van der Waals surface area contributed by atoms with Crippen LogP contribution in [0.25, 0.3) is 0 Å². The number of nitrogens with zero attached hydrogens (tertiary/aromatic N) is 1. The molecule has 8 saturated heterocycles. The number of esters is 2. The molecular formula is C102H156N2O30S. The topological polar surface area (TPSA) is 391 Å². The number of allylic oxidation sites excluding steroid dienone is 4. The Kier molecular flexibility index (Phi) is 37.6. The van der Waals surface area contributed by atoms with E-state index in [9.17, 15) is 45.0 Å². The second-order valence-corrected chi connectivity index (χ2v) is 41.9. The molecule has 32 nitrogen and oxygen atoms in total. The molecule has 0 aromatic heterocycles. The average Bonchev–Trinajstić information content (AvgIpc) is 1.61. The zero-order valence-electron chi connectivity index (χ0n) is 83.5. The molecule has 33 heteroatoms. The number of methoxy groups -OCH3 is 4. The molecule has 4 bridgehead atoms. The van der Waals surface area contributed by atoms with Crippen LogP contribution in [0.5, 0.6) is 0 Å². The Labute approximate surface area is 802 Å². The highest BCUT2D eigenvalue weighted by Gasteiger charge is 2.63. The number of hydrogen-bond acceptors (Lipinski definition) is 32. The highest BCUT2D eigenvalue weighted by Crippen LogP contribution is 2.51. The molecule has 135 heavy (non-hydrogen) atoms. The normalized spacial score (nSPS) is 45.9. The predicted molar refractivity (Wildman–Crippen MR) is 502 cm³/mol. The molecule has 1 amide bonds. The van der Waals surface area contributed by atoms with Crippen LogP contribution in [0.3, 0.4) is 0 Å². The second-order valence-electron chi connectivity index (χ2n) is 40.4. The molecule has 12 heterocycles. The number of fused-ring (bicyclic) bond motifs is 4. The van der Waals surface area contributed by atoms with Gasteiger partial charge in [0.25, 0.3) is 0 Å². The van der Waals surface area contributed by atoms with Crippen LogP contribution in [0.4, 0.5) is 4.79 Å². The zero-order chi connectivity index (χ0) is 98.3. The van der Waals surface area contributed by atoms with Crippen LogP contribution in [-0.2, 0) is 109 Å². The molecule has 2 spiro atoms. The van der Waals surface area contributed by atoms with E-state index in [1.807, 2.05) is 84.3 Å². The summed E-state index contributed by atoms with van der Waals surface area (Å²) < 4.78 is 127. The van der Waals surface area contributed by atoms with Crippen molar-refractivity contribution in [2.75, 3.05) is 55.0 Å². The minimum absolute atomic E-state index is 0.0313. The Morgan fingerprint density at radius 1 is 0.541 bits per heavy atom. The fourth-order valence-electron chi connectivity index (χ4n) is 21.3. The van der Waals surface area contributed by atoms with Gasteiger partial charge in [-0.3, -0.25) is 14.4 Å². The molecule has 0 aromatic rings. The number of nitrogens with one attached hydrogen (secondary N) is 1. The van der Waals surface area contributed by atoms with Gasteiger partial charge < -0.3 is 131 Å². The number of rotatable bonds is 18.